The average molecular weight is 305 g/mol. The van der Waals surface area contributed by atoms with Crippen LogP contribution in [-0.2, 0) is 14.8 Å². The standard InChI is InChI=1S/C12H13F2NO4S/c13-11(14)8-3-5-9(6-4-8)20(18,19)15-7-1-2-10(15)12(16)17/h3-6,10-11H,1-2,7H2,(H,16,17). The summed E-state index contributed by atoms with van der Waals surface area (Å²) in [4.78, 5) is 10.9. The molecule has 0 aliphatic carbocycles. The number of carboxylic acids is 1. The van der Waals surface area contributed by atoms with Crippen molar-refractivity contribution in [2.75, 3.05) is 6.54 Å². The molecule has 0 amide bonds. The van der Waals surface area contributed by atoms with Crippen molar-refractivity contribution in [3.8, 4) is 0 Å². The Morgan fingerprint density at radius 2 is 1.90 bits per heavy atom. The van der Waals surface area contributed by atoms with Crippen molar-refractivity contribution in [1.29, 1.82) is 0 Å². The number of hydrogen-bond acceptors (Lipinski definition) is 3. The van der Waals surface area contributed by atoms with Gasteiger partial charge in [-0.25, -0.2) is 17.2 Å². The van der Waals surface area contributed by atoms with E-state index in [1.165, 1.54) is 0 Å². The summed E-state index contributed by atoms with van der Waals surface area (Å²) in [5.41, 5.74) is -0.278. The number of sulfonamides is 1. The molecule has 1 fully saturated rings. The number of halogens is 2. The molecule has 0 aromatic heterocycles. The third-order valence-electron chi connectivity index (χ3n) is 3.23. The van der Waals surface area contributed by atoms with Crippen molar-refractivity contribution in [1.82, 2.24) is 4.31 Å². The molecule has 2 rings (SSSR count). The van der Waals surface area contributed by atoms with Gasteiger partial charge in [0.25, 0.3) is 6.43 Å². The lowest BCUT2D eigenvalue weighted by atomic mass is 10.2. The Morgan fingerprint density at radius 3 is 2.40 bits per heavy atom. The minimum atomic E-state index is -3.97. The van der Waals surface area contributed by atoms with E-state index in [4.69, 9.17) is 5.11 Å². The molecular formula is C12H13F2NO4S. The average Bonchev–Trinajstić information content (AvgIpc) is 2.89. The van der Waals surface area contributed by atoms with Crippen molar-refractivity contribution in [2.45, 2.75) is 30.2 Å². The molecule has 20 heavy (non-hydrogen) atoms. The van der Waals surface area contributed by atoms with Crippen LogP contribution >= 0.6 is 0 Å². The van der Waals surface area contributed by atoms with Gasteiger partial charge >= 0.3 is 5.97 Å². The summed E-state index contributed by atoms with van der Waals surface area (Å²) in [5.74, 6) is -1.20. The molecule has 0 bridgehead atoms. The Hall–Kier alpha value is -1.54. The summed E-state index contributed by atoms with van der Waals surface area (Å²) in [6, 6.07) is 3.13. The molecule has 1 atom stereocenters. The maximum atomic E-state index is 12.4. The van der Waals surface area contributed by atoms with E-state index in [0.29, 0.717) is 6.42 Å². The van der Waals surface area contributed by atoms with E-state index in [2.05, 4.69) is 0 Å². The highest BCUT2D eigenvalue weighted by Crippen LogP contribution is 2.27. The van der Waals surface area contributed by atoms with Crippen LogP contribution in [0.4, 0.5) is 8.78 Å². The largest absolute Gasteiger partial charge is 0.480 e. The van der Waals surface area contributed by atoms with Crippen LogP contribution in [0.2, 0.25) is 0 Å². The topological polar surface area (TPSA) is 74.7 Å². The van der Waals surface area contributed by atoms with E-state index >= 15 is 0 Å². The SMILES string of the molecule is O=C(O)C1CCCN1S(=O)(=O)c1ccc(C(F)F)cc1. The maximum Gasteiger partial charge on any atom is 0.322 e. The lowest BCUT2D eigenvalue weighted by molar-refractivity contribution is -0.140. The van der Waals surface area contributed by atoms with Crippen LogP contribution in [0.5, 0.6) is 0 Å². The summed E-state index contributed by atoms with van der Waals surface area (Å²) in [7, 11) is -3.97. The molecule has 0 radical (unpaired) electrons. The van der Waals surface area contributed by atoms with E-state index < -0.39 is 28.5 Å². The molecule has 1 unspecified atom stereocenters. The second-order valence-electron chi connectivity index (χ2n) is 4.48. The fraction of sp³-hybridized carbons (Fsp3) is 0.417. The summed E-state index contributed by atoms with van der Waals surface area (Å²) in [6.45, 7) is 0.121. The lowest BCUT2D eigenvalue weighted by Crippen LogP contribution is -2.40. The molecule has 1 aliphatic rings. The summed E-state index contributed by atoms with van der Waals surface area (Å²) in [5, 5.41) is 9.01. The number of hydrogen-bond donors (Lipinski definition) is 1. The van der Waals surface area contributed by atoms with Gasteiger partial charge in [-0.3, -0.25) is 4.79 Å². The van der Waals surface area contributed by atoms with Crippen LogP contribution in [0.15, 0.2) is 29.2 Å². The van der Waals surface area contributed by atoms with Gasteiger partial charge in [0.05, 0.1) is 4.90 Å². The predicted molar refractivity (Wildman–Crippen MR) is 65.9 cm³/mol. The number of benzene rings is 1. The summed E-state index contributed by atoms with van der Waals surface area (Å²) in [6.07, 6.45) is -1.96. The van der Waals surface area contributed by atoms with E-state index in [0.717, 1.165) is 28.6 Å². The number of nitrogens with zero attached hydrogens (tertiary/aromatic N) is 1. The summed E-state index contributed by atoms with van der Waals surface area (Å²) < 4.78 is 50.4. The molecule has 1 saturated heterocycles. The molecular weight excluding hydrogens is 292 g/mol. The highest BCUT2D eigenvalue weighted by molar-refractivity contribution is 7.89. The van der Waals surface area contributed by atoms with Crippen molar-refractivity contribution < 1.29 is 27.1 Å². The molecule has 8 heteroatoms. The van der Waals surface area contributed by atoms with Crippen molar-refractivity contribution in [3.05, 3.63) is 29.8 Å². The van der Waals surface area contributed by atoms with E-state index in [1.807, 2.05) is 0 Å². The molecule has 1 N–H and O–H groups in total. The molecule has 1 aromatic rings. The fourth-order valence-corrected chi connectivity index (χ4v) is 3.85. The third-order valence-corrected chi connectivity index (χ3v) is 5.15. The van der Waals surface area contributed by atoms with E-state index in [-0.39, 0.29) is 23.4 Å². The monoisotopic (exact) mass is 305 g/mol. The number of alkyl halides is 2. The van der Waals surface area contributed by atoms with Crippen molar-refractivity contribution in [3.63, 3.8) is 0 Å². The van der Waals surface area contributed by atoms with Crippen LogP contribution in [0.25, 0.3) is 0 Å². The number of aliphatic carboxylic acids is 1. The molecule has 1 heterocycles. The Labute approximate surface area is 114 Å². The van der Waals surface area contributed by atoms with Crippen LogP contribution in [-0.4, -0.2) is 36.4 Å². The van der Waals surface area contributed by atoms with Gasteiger partial charge in [-0.05, 0) is 25.0 Å². The molecule has 1 aliphatic heterocycles. The second kappa shape index (κ2) is 5.45. The van der Waals surface area contributed by atoms with Gasteiger partial charge in [0.2, 0.25) is 10.0 Å². The molecule has 5 nitrogen and oxygen atoms in total. The van der Waals surface area contributed by atoms with Crippen LogP contribution < -0.4 is 0 Å². The van der Waals surface area contributed by atoms with Gasteiger partial charge in [0.1, 0.15) is 6.04 Å². The first-order chi connectivity index (χ1) is 9.34. The molecule has 0 saturated carbocycles. The predicted octanol–water partition coefficient (Wildman–Crippen LogP) is 1.86. The summed E-state index contributed by atoms with van der Waals surface area (Å²) >= 11 is 0. The fourth-order valence-electron chi connectivity index (χ4n) is 2.20. The van der Waals surface area contributed by atoms with E-state index in [9.17, 15) is 22.0 Å². The van der Waals surface area contributed by atoms with Gasteiger partial charge in [-0.15, -0.1) is 0 Å². The first kappa shape index (κ1) is 14.9. The van der Waals surface area contributed by atoms with Gasteiger partial charge in [0, 0.05) is 12.1 Å². The van der Waals surface area contributed by atoms with Gasteiger partial charge < -0.3 is 5.11 Å². The van der Waals surface area contributed by atoms with E-state index in [1.54, 1.807) is 0 Å². The lowest BCUT2D eigenvalue weighted by Gasteiger charge is -2.21. The number of rotatable bonds is 4. The van der Waals surface area contributed by atoms with Gasteiger partial charge in [0.15, 0.2) is 0 Å². The van der Waals surface area contributed by atoms with Crippen molar-refractivity contribution in [2.24, 2.45) is 0 Å². The highest BCUT2D eigenvalue weighted by atomic mass is 32.2. The normalized spacial score (nSPS) is 20.4. The molecule has 1 aromatic carbocycles. The zero-order valence-electron chi connectivity index (χ0n) is 10.4. The van der Waals surface area contributed by atoms with Crippen LogP contribution in [0.3, 0.4) is 0 Å². The second-order valence-corrected chi connectivity index (χ2v) is 6.37. The van der Waals surface area contributed by atoms with Gasteiger partial charge in [-0.1, -0.05) is 12.1 Å². The smallest absolute Gasteiger partial charge is 0.322 e. The van der Waals surface area contributed by atoms with Gasteiger partial charge in [-0.2, -0.15) is 4.31 Å². The maximum absolute atomic E-state index is 12.4. The number of carbonyl (C=O) groups is 1. The molecule has 0 spiro atoms. The van der Waals surface area contributed by atoms with Crippen molar-refractivity contribution >= 4 is 16.0 Å². The minimum absolute atomic E-state index is 0.121. The Balaban J connectivity index is 2.32. The Bertz CT molecular complexity index is 600. The van der Waals surface area contributed by atoms with Crippen LogP contribution in [0.1, 0.15) is 24.8 Å². The first-order valence-corrected chi connectivity index (χ1v) is 7.41. The van der Waals surface area contributed by atoms with Crippen LogP contribution in [0, 0.1) is 0 Å². The third kappa shape index (κ3) is 2.66. The highest BCUT2D eigenvalue weighted by Gasteiger charge is 2.39. The Morgan fingerprint density at radius 1 is 1.30 bits per heavy atom. The zero-order chi connectivity index (χ0) is 14.9. The quantitative estimate of drug-likeness (QED) is 0.921. The minimum Gasteiger partial charge on any atom is -0.480 e. The first-order valence-electron chi connectivity index (χ1n) is 5.97. The number of carboxylic acid groups (broad SMARTS) is 1. The zero-order valence-corrected chi connectivity index (χ0v) is 11.2. The Kier molecular flexibility index (Phi) is 4.05. The molecule has 110 valence electrons.